The molecule has 0 N–H and O–H groups in total. The Bertz CT molecular complexity index is 3900. The normalized spacial score (nSPS) is 11.8. The van der Waals surface area contributed by atoms with Crippen LogP contribution in [0.5, 0.6) is 0 Å². The van der Waals surface area contributed by atoms with Crippen LogP contribution in [0, 0.1) is 0 Å². The summed E-state index contributed by atoms with van der Waals surface area (Å²) < 4.78 is 11.1. The molecule has 0 bridgehead atoms. The Hall–Kier alpha value is -8.61. The van der Waals surface area contributed by atoms with Crippen LogP contribution >= 0.6 is 0 Å². The van der Waals surface area contributed by atoms with Crippen molar-refractivity contribution in [2.75, 3.05) is 0 Å². The number of benzene rings is 9. The molecule has 0 unspecified atom stereocenters. The highest BCUT2D eigenvalue weighted by Crippen LogP contribution is 2.42. The van der Waals surface area contributed by atoms with Crippen molar-refractivity contribution in [2.24, 2.45) is 0 Å². The fraction of sp³-hybridized carbons (Fsp3) is 0. The SMILES string of the molecule is c1ccc(-c2ccc(-c3nc(-c4cccc(-n5c6ccccc6c6c5ccc5c7ccccc7n(-c7ccccc7)c56)c4)nc(-c4ccc5c(c4)oc4ccccc45)n3)cc2)cc1. The van der Waals surface area contributed by atoms with Crippen LogP contribution in [-0.4, -0.2) is 24.1 Å². The molecule has 0 fully saturated rings. The molecule has 0 aliphatic rings. The van der Waals surface area contributed by atoms with E-state index in [-0.39, 0.29) is 0 Å². The fourth-order valence-corrected chi connectivity index (χ4v) is 9.49. The van der Waals surface area contributed by atoms with Crippen LogP contribution in [0.4, 0.5) is 0 Å². The molecular weight excluding hydrogens is 771 g/mol. The van der Waals surface area contributed by atoms with Gasteiger partial charge in [-0.05, 0) is 71.8 Å². The number of hydrogen-bond acceptors (Lipinski definition) is 4. The van der Waals surface area contributed by atoms with Crippen molar-refractivity contribution in [1.29, 1.82) is 0 Å². The Labute approximate surface area is 361 Å². The Morgan fingerprint density at radius 3 is 1.60 bits per heavy atom. The van der Waals surface area contributed by atoms with Gasteiger partial charge in [-0.1, -0.05) is 152 Å². The molecule has 0 radical (unpaired) electrons. The summed E-state index contributed by atoms with van der Waals surface area (Å²) in [7, 11) is 0. The highest BCUT2D eigenvalue weighted by molar-refractivity contribution is 6.26. The van der Waals surface area contributed by atoms with E-state index < -0.39 is 0 Å². The first-order valence-corrected chi connectivity index (χ1v) is 21.2. The lowest BCUT2D eigenvalue weighted by atomic mass is 10.0. The van der Waals surface area contributed by atoms with Crippen LogP contribution in [0.25, 0.3) is 122 Å². The van der Waals surface area contributed by atoms with Gasteiger partial charge >= 0.3 is 0 Å². The van der Waals surface area contributed by atoms with E-state index in [2.05, 4.69) is 191 Å². The third-order valence-corrected chi connectivity index (χ3v) is 12.4. The van der Waals surface area contributed by atoms with E-state index in [9.17, 15) is 0 Å². The second-order valence-corrected chi connectivity index (χ2v) is 16.0. The number of aromatic nitrogens is 5. The minimum Gasteiger partial charge on any atom is -0.456 e. The zero-order chi connectivity index (χ0) is 41.4. The number of nitrogens with zero attached hydrogens (tertiary/aromatic N) is 5. The molecule has 0 saturated carbocycles. The van der Waals surface area contributed by atoms with Crippen molar-refractivity contribution in [1.82, 2.24) is 24.1 Å². The molecule has 6 heteroatoms. The first kappa shape index (κ1) is 35.2. The summed E-state index contributed by atoms with van der Waals surface area (Å²) in [5, 5.41) is 6.99. The van der Waals surface area contributed by atoms with Crippen LogP contribution in [0.15, 0.2) is 217 Å². The van der Waals surface area contributed by atoms with Gasteiger partial charge in [0.1, 0.15) is 11.2 Å². The molecule has 4 aromatic heterocycles. The van der Waals surface area contributed by atoms with Gasteiger partial charge in [0.15, 0.2) is 17.5 Å². The standard InChI is InChI=1S/C57H35N5O/c1-3-14-36(15-4-1)37-26-28-38(29-27-37)55-58-56(60-57(59-55)40-30-31-45-44-21-9-12-25-51(44)63-52(45)35-40)39-16-13-19-42(34-39)61-49-24-11-8-22-47(49)53-50(61)33-32-46-43-20-7-10-23-48(43)62(54(46)53)41-17-5-2-6-18-41/h1-35H. The van der Waals surface area contributed by atoms with E-state index >= 15 is 0 Å². The number of fused-ring (bicyclic) bond motifs is 10. The molecule has 0 aliphatic heterocycles. The van der Waals surface area contributed by atoms with E-state index in [4.69, 9.17) is 19.4 Å². The third kappa shape index (κ3) is 5.62. The lowest BCUT2D eigenvalue weighted by Gasteiger charge is -2.12. The predicted molar refractivity (Wildman–Crippen MR) is 258 cm³/mol. The van der Waals surface area contributed by atoms with Gasteiger partial charge in [-0.3, -0.25) is 0 Å². The van der Waals surface area contributed by atoms with E-state index in [1.54, 1.807) is 0 Å². The van der Waals surface area contributed by atoms with E-state index in [1.165, 1.54) is 32.6 Å². The van der Waals surface area contributed by atoms with Crippen molar-refractivity contribution in [3.8, 4) is 56.7 Å². The zero-order valence-corrected chi connectivity index (χ0v) is 33.9. The monoisotopic (exact) mass is 805 g/mol. The first-order chi connectivity index (χ1) is 31.2. The molecule has 0 spiro atoms. The highest BCUT2D eigenvalue weighted by atomic mass is 16.3. The average Bonchev–Trinajstić information content (AvgIpc) is 4.02. The van der Waals surface area contributed by atoms with E-state index in [0.29, 0.717) is 17.5 Å². The first-order valence-electron chi connectivity index (χ1n) is 21.2. The number of para-hydroxylation sites is 4. The van der Waals surface area contributed by atoms with Gasteiger partial charge in [0.25, 0.3) is 0 Å². The summed E-state index contributed by atoms with van der Waals surface area (Å²) in [6.45, 7) is 0. The molecule has 63 heavy (non-hydrogen) atoms. The van der Waals surface area contributed by atoms with Gasteiger partial charge in [-0.15, -0.1) is 0 Å². The molecule has 4 heterocycles. The fourth-order valence-electron chi connectivity index (χ4n) is 9.49. The van der Waals surface area contributed by atoms with Crippen molar-refractivity contribution < 1.29 is 4.42 Å². The summed E-state index contributed by atoms with van der Waals surface area (Å²) in [6.07, 6.45) is 0. The Balaban J connectivity index is 1.01. The van der Waals surface area contributed by atoms with Crippen LogP contribution in [0.3, 0.4) is 0 Å². The van der Waals surface area contributed by atoms with Gasteiger partial charge in [0.2, 0.25) is 0 Å². The van der Waals surface area contributed by atoms with Gasteiger partial charge in [-0.2, -0.15) is 0 Å². The van der Waals surface area contributed by atoms with Crippen molar-refractivity contribution in [2.45, 2.75) is 0 Å². The van der Waals surface area contributed by atoms with E-state index in [0.717, 1.165) is 72.2 Å². The minimum atomic E-state index is 0.572. The maximum absolute atomic E-state index is 6.33. The molecule has 13 aromatic rings. The summed E-state index contributed by atoms with van der Waals surface area (Å²) in [6, 6.07) is 74.5. The predicted octanol–water partition coefficient (Wildman–Crippen LogP) is 14.6. The smallest absolute Gasteiger partial charge is 0.164 e. The molecule has 0 amide bonds. The largest absolute Gasteiger partial charge is 0.456 e. The quantitative estimate of drug-likeness (QED) is 0.168. The van der Waals surface area contributed by atoms with Crippen LogP contribution in [0.1, 0.15) is 0 Å². The minimum absolute atomic E-state index is 0.572. The van der Waals surface area contributed by atoms with Gasteiger partial charge < -0.3 is 13.6 Å². The Morgan fingerprint density at radius 1 is 0.302 bits per heavy atom. The summed E-state index contributed by atoms with van der Waals surface area (Å²) in [5.41, 5.74) is 13.3. The number of hydrogen-bond donors (Lipinski definition) is 0. The van der Waals surface area contributed by atoms with Crippen LogP contribution in [-0.2, 0) is 0 Å². The van der Waals surface area contributed by atoms with Crippen molar-refractivity contribution in [3.05, 3.63) is 212 Å². The zero-order valence-electron chi connectivity index (χ0n) is 33.9. The molecule has 294 valence electrons. The van der Waals surface area contributed by atoms with E-state index in [1.807, 2.05) is 30.3 Å². The highest BCUT2D eigenvalue weighted by Gasteiger charge is 2.22. The maximum Gasteiger partial charge on any atom is 0.164 e. The van der Waals surface area contributed by atoms with Crippen LogP contribution < -0.4 is 0 Å². The molecular formula is C57H35N5O. The summed E-state index contributed by atoms with van der Waals surface area (Å²) >= 11 is 0. The summed E-state index contributed by atoms with van der Waals surface area (Å²) in [5.74, 6) is 1.75. The molecule has 13 rings (SSSR count). The number of rotatable bonds is 6. The van der Waals surface area contributed by atoms with Gasteiger partial charge in [0.05, 0.1) is 22.1 Å². The Morgan fingerprint density at radius 2 is 0.825 bits per heavy atom. The second-order valence-electron chi connectivity index (χ2n) is 16.0. The van der Waals surface area contributed by atoms with Crippen molar-refractivity contribution >= 4 is 65.6 Å². The summed E-state index contributed by atoms with van der Waals surface area (Å²) in [4.78, 5) is 15.5. The Kier molecular flexibility index (Phi) is 7.80. The maximum atomic E-state index is 6.33. The number of furan rings is 1. The molecule has 0 saturated heterocycles. The average molecular weight is 806 g/mol. The topological polar surface area (TPSA) is 61.7 Å². The lowest BCUT2D eigenvalue weighted by molar-refractivity contribution is 0.669. The van der Waals surface area contributed by atoms with Crippen molar-refractivity contribution in [3.63, 3.8) is 0 Å². The third-order valence-electron chi connectivity index (χ3n) is 12.4. The lowest BCUT2D eigenvalue weighted by Crippen LogP contribution is -2.01. The molecule has 9 aromatic carbocycles. The molecule has 6 nitrogen and oxygen atoms in total. The van der Waals surface area contributed by atoms with Gasteiger partial charge in [0, 0.05) is 60.4 Å². The van der Waals surface area contributed by atoms with Gasteiger partial charge in [-0.25, -0.2) is 15.0 Å². The molecule has 0 aliphatic carbocycles. The molecule has 0 atom stereocenters. The van der Waals surface area contributed by atoms with Crippen LogP contribution in [0.2, 0.25) is 0 Å². The second kappa shape index (κ2) is 14.0.